The molecular weight excluding hydrogens is 366 g/mol. The molecule has 0 spiro atoms. The molecule has 0 saturated heterocycles. The molecule has 0 saturated carbocycles. The lowest BCUT2D eigenvalue weighted by Crippen LogP contribution is -2.40. The summed E-state index contributed by atoms with van der Waals surface area (Å²) in [5.74, 6) is 1.38. The van der Waals surface area contributed by atoms with Crippen molar-refractivity contribution in [2.45, 2.75) is 39.2 Å². The van der Waals surface area contributed by atoms with Crippen molar-refractivity contribution >= 4 is 5.91 Å². The summed E-state index contributed by atoms with van der Waals surface area (Å²) in [5.41, 5.74) is 4.83. The van der Waals surface area contributed by atoms with Crippen molar-refractivity contribution in [3.63, 3.8) is 0 Å². The van der Waals surface area contributed by atoms with E-state index in [4.69, 9.17) is 4.52 Å². The molecule has 7 nitrogen and oxygen atoms in total. The Balaban J connectivity index is 1.44. The van der Waals surface area contributed by atoms with Crippen molar-refractivity contribution in [1.29, 1.82) is 0 Å². The van der Waals surface area contributed by atoms with Crippen molar-refractivity contribution in [3.05, 3.63) is 53.5 Å². The molecule has 0 radical (unpaired) electrons. The molecule has 7 heteroatoms. The zero-order chi connectivity index (χ0) is 19.8. The van der Waals surface area contributed by atoms with Gasteiger partial charge in [0.1, 0.15) is 5.69 Å². The van der Waals surface area contributed by atoms with Crippen molar-refractivity contribution in [2.24, 2.45) is 5.92 Å². The molecule has 0 fully saturated rings. The van der Waals surface area contributed by atoms with Gasteiger partial charge in [-0.1, -0.05) is 17.3 Å². The summed E-state index contributed by atoms with van der Waals surface area (Å²) in [6.07, 6.45) is 11.6. The second-order valence-corrected chi connectivity index (χ2v) is 7.72. The quantitative estimate of drug-likeness (QED) is 0.691. The number of hydrogen-bond donors (Lipinski definition) is 1. The van der Waals surface area contributed by atoms with E-state index < -0.39 is 0 Å². The maximum absolute atomic E-state index is 12.9. The third kappa shape index (κ3) is 3.26. The summed E-state index contributed by atoms with van der Waals surface area (Å²) >= 11 is 0. The number of aromatic amines is 1. The van der Waals surface area contributed by atoms with Crippen LogP contribution in [0.1, 0.15) is 36.1 Å². The Morgan fingerprint density at radius 1 is 1.34 bits per heavy atom. The number of carbonyl (C=O) groups excluding carboxylic acids is 1. The predicted octanol–water partition coefficient (Wildman–Crippen LogP) is 3.68. The van der Waals surface area contributed by atoms with Crippen LogP contribution in [0, 0.1) is 12.8 Å². The summed E-state index contributed by atoms with van der Waals surface area (Å²) in [6, 6.07) is 3.79. The Labute approximate surface area is 168 Å². The molecule has 29 heavy (non-hydrogen) atoms. The molecule has 3 aromatic rings. The topological polar surface area (TPSA) is 87.9 Å². The predicted molar refractivity (Wildman–Crippen MR) is 108 cm³/mol. The summed E-state index contributed by atoms with van der Waals surface area (Å²) in [4.78, 5) is 27.2. The zero-order valence-corrected chi connectivity index (χ0v) is 16.4. The fraction of sp³-hybridized carbons (Fsp3) is 0.364. The summed E-state index contributed by atoms with van der Waals surface area (Å²) in [7, 11) is 0. The Morgan fingerprint density at radius 2 is 2.28 bits per heavy atom. The van der Waals surface area contributed by atoms with Gasteiger partial charge in [0, 0.05) is 42.7 Å². The maximum atomic E-state index is 12.9. The Kier molecular flexibility index (Phi) is 4.50. The van der Waals surface area contributed by atoms with Gasteiger partial charge >= 0.3 is 0 Å². The number of rotatable bonds is 3. The SMILES string of the molecule is Cc1ncc2c(c1-c1noc(-c3ccc[nH]3)n1)CCN(C(=O)C1CC=CCC1)C2. The van der Waals surface area contributed by atoms with Crippen molar-refractivity contribution in [3.8, 4) is 23.0 Å². The molecule has 1 aliphatic heterocycles. The summed E-state index contributed by atoms with van der Waals surface area (Å²) in [6.45, 7) is 3.27. The Morgan fingerprint density at radius 3 is 3.07 bits per heavy atom. The summed E-state index contributed by atoms with van der Waals surface area (Å²) < 4.78 is 5.46. The van der Waals surface area contributed by atoms with Gasteiger partial charge in [-0.15, -0.1) is 0 Å². The highest BCUT2D eigenvalue weighted by Gasteiger charge is 2.30. The van der Waals surface area contributed by atoms with Crippen molar-refractivity contribution < 1.29 is 9.32 Å². The standard InChI is InChI=1S/C22H23N5O2/c1-14-19(20-25-21(29-26-20)18-8-5-10-23-18)17-9-11-27(13-16(17)12-24-14)22(28)15-6-3-2-4-7-15/h2-3,5,8,10,12,15,23H,4,6-7,9,11,13H2,1H3. The van der Waals surface area contributed by atoms with E-state index in [0.717, 1.165) is 48.2 Å². The van der Waals surface area contributed by atoms with Crippen LogP contribution in [0.5, 0.6) is 0 Å². The number of nitrogens with zero attached hydrogens (tertiary/aromatic N) is 4. The Hall–Kier alpha value is -3.22. The first kappa shape index (κ1) is 17.8. The van der Waals surface area contributed by atoms with E-state index in [-0.39, 0.29) is 11.8 Å². The third-order valence-electron chi connectivity index (χ3n) is 5.87. The molecule has 2 aliphatic rings. The number of H-pyrrole nitrogens is 1. The van der Waals surface area contributed by atoms with Gasteiger partial charge in [-0.3, -0.25) is 9.78 Å². The number of carbonyl (C=O) groups is 1. The molecule has 0 aromatic carbocycles. The molecule has 3 aromatic heterocycles. The lowest BCUT2D eigenvalue weighted by atomic mass is 9.90. The fourth-order valence-corrected chi connectivity index (χ4v) is 4.31. The van der Waals surface area contributed by atoms with E-state index in [2.05, 4.69) is 32.3 Å². The average Bonchev–Trinajstić information content (AvgIpc) is 3.45. The van der Waals surface area contributed by atoms with Gasteiger partial charge in [0.2, 0.25) is 11.7 Å². The minimum Gasteiger partial charge on any atom is -0.357 e. The smallest absolute Gasteiger partial charge is 0.274 e. The molecule has 1 atom stereocenters. The normalized spacial score (nSPS) is 18.7. The van der Waals surface area contributed by atoms with Gasteiger partial charge in [0.15, 0.2) is 0 Å². The van der Waals surface area contributed by atoms with E-state index in [9.17, 15) is 4.79 Å². The van der Waals surface area contributed by atoms with E-state index >= 15 is 0 Å². The van der Waals surface area contributed by atoms with Gasteiger partial charge < -0.3 is 14.4 Å². The second kappa shape index (κ2) is 7.31. The summed E-state index contributed by atoms with van der Waals surface area (Å²) in [5, 5.41) is 4.20. The van der Waals surface area contributed by atoms with Crippen LogP contribution in [0.4, 0.5) is 0 Å². The van der Waals surface area contributed by atoms with Crippen LogP contribution in [-0.4, -0.2) is 37.5 Å². The monoisotopic (exact) mass is 389 g/mol. The lowest BCUT2D eigenvalue weighted by molar-refractivity contribution is -0.136. The van der Waals surface area contributed by atoms with Crippen LogP contribution in [0.3, 0.4) is 0 Å². The molecule has 148 valence electrons. The number of fused-ring (bicyclic) bond motifs is 1. The van der Waals surface area contributed by atoms with E-state index in [1.165, 1.54) is 5.56 Å². The molecule has 1 N–H and O–H groups in total. The van der Waals surface area contributed by atoms with Crippen LogP contribution in [-0.2, 0) is 17.8 Å². The molecule has 5 rings (SSSR count). The third-order valence-corrected chi connectivity index (χ3v) is 5.87. The highest BCUT2D eigenvalue weighted by Crippen LogP contribution is 2.32. The number of allylic oxidation sites excluding steroid dienone is 2. The van der Waals surface area contributed by atoms with Crippen molar-refractivity contribution in [2.75, 3.05) is 6.54 Å². The second-order valence-electron chi connectivity index (χ2n) is 7.72. The number of aromatic nitrogens is 4. The highest BCUT2D eigenvalue weighted by molar-refractivity contribution is 5.80. The number of nitrogens with one attached hydrogen (secondary N) is 1. The average molecular weight is 389 g/mol. The van der Waals surface area contributed by atoms with Gasteiger partial charge in [-0.2, -0.15) is 4.98 Å². The van der Waals surface area contributed by atoms with Crippen LogP contribution < -0.4 is 0 Å². The number of amides is 1. The van der Waals surface area contributed by atoms with Crippen LogP contribution in [0.15, 0.2) is 41.2 Å². The first-order valence-corrected chi connectivity index (χ1v) is 10.1. The molecule has 1 aliphatic carbocycles. The van der Waals surface area contributed by atoms with E-state index in [1.54, 1.807) is 0 Å². The van der Waals surface area contributed by atoms with Crippen molar-refractivity contribution in [1.82, 2.24) is 25.0 Å². The first-order valence-electron chi connectivity index (χ1n) is 10.1. The molecular formula is C22H23N5O2. The van der Waals surface area contributed by atoms with Crippen LogP contribution in [0.25, 0.3) is 23.0 Å². The maximum Gasteiger partial charge on any atom is 0.274 e. The minimum absolute atomic E-state index is 0.111. The largest absolute Gasteiger partial charge is 0.357 e. The van der Waals surface area contributed by atoms with Crippen LogP contribution in [0.2, 0.25) is 0 Å². The zero-order valence-electron chi connectivity index (χ0n) is 16.4. The first-order chi connectivity index (χ1) is 14.2. The number of hydrogen-bond acceptors (Lipinski definition) is 5. The number of pyridine rings is 1. The van der Waals surface area contributed by atoms with Gasteiger partial charge in [0.05, 0.1) is 0 Å². The molecule has 1 amide bonds. The van der Waals surface area contributed by atoms with E-state index in [0.29, 0.717) is 24.8 Å². The number of aryl methyl sites for hydroxylation is 1. The lowest BCUT2D eigenvalue weighted by Gasteiger charge is -2.33. The highest BCUT2D eigenvalue weighted by atomic mass is 16.5. The molecule has 1 unspecified atom stereocenters. The fourth-order valence-electron chi connectivity index (χ4n) is 4.31. The van der Waals surface area contributed by atoms with Gasteiger partial charge in [0.25, 0.3) is 5.89 Å². The van der Waals surface area contributed by atoms with Gasteiger partial charge in [-0.25, -0.2) is 0 Å². The van der Waals surface area contributed by atoms with E-state index in [1.807, 2.05) is 36.4 Å². The van der Waals surface area contributed by atoms with Gasteiger partial charge in [-0.05, 0) is 55.9 Å². The molecule has 0 bridgehead atoms. The molecule has 4 heterocycles. The van der Waals surface area contributed by atoms with Crippen LogP contribution >= 0.6 is 0 Å². The Bertz CT molecular complexity index is 1070. The minimum atomic E-state index is 0.111.